The van der Waals surface area contributed by atoms with Crippen LogP contribution in [0.25, 0.3) is 16.5 Å². The molecular formula is C16H18O2. The average Bonchev–Trinajstić information content (AvgIpc) is 2.26. The summed E-state index contributed by atoms with van der Waals surface area (Å²) in [7, 11) is 0. The summed E-state index contributed by atoms with van der Waals surface area (Å²) in [5, 5.41) is 0.969. The number of allylic oxidation sites excluding steroid dienone is 1. The zero-order valence-electron chi connectivity index (χ0n) is 11.3. The molecule has 0 unspecified atom stereocenters. The maximum atomic E-state index is 11.5. The van der Waals surface area contributed by atoms with E-state index in [2.05, 4.69) is 26.5 Å². The summed E-state index contributed by atoms with van der Waals surface area (Å²) in [6.45, 7) is 12.2. The molecule has 0 fully saturated rings. The molecule has 0 atom stereocenters. The minimum Gasteiger partial charge on any atom is -0.423 e. The van der Waals surface area contributed by atoms with E-state index in [9.17, 15) is 4.79 Å². The maximum Gasteiger partial charge on any atom is 0.336 e. The van der Waals surface area contributed by atoms with Gasteiger partial charge >= 0.3 is 5.63 Å². The van der Waals surface area contributed by atoms with Gasteiger partial charge in [0.05, 0.1) is 0 Å². The van der Waals surface area contributed by atoms with Crippen molar-refractivity contribution in [2.45, 2.75) is 33.6 Å². The number of hydrogen-bond acceptors (Lipinski definition) is 2. The Morgan fingerprint density at radius 3 is 2.50 bits per heavy atom. The lowest BCUT2D eigenvalue weighted by molar-refractivity contribution is 0.560. The number of hydrogen-bond donors (Lipinski definition) is 0. The van der Waals surface area contributed by atoms with Crippen molar-refractivity contribution in [3.8, 4) is 0 Å². The van der Waals surface area contributed by atoms with Gasteiger partial charge in [0.1, 0.15) is 5.58 Å². The van der Waals surface area contributed by atoms with E-state index in [0.29, 0.717) is 11.5 Å². The Morgan fingerprint density at radius 2 is 1.94 bits per heavy atom. The van der Waals surface area contributed by atoms with Gasteiger partial charge in [-0.1, -0.05) is 26.0 Å². The van der Waals surface area contributed by atoms with Gasteiger partial charge in [-0.2, -0.15) is 0 Å². The van der Waals surface area contributed by atoms with Crippen molar-refractivity contribution in [3.63, 3.8) is 0 Å². The van der Waals surface area contributed by atoms with Crippen molar-refractivity contribution < 1.29 is 4.42 Å². The van der Waals surface area contributed by atoms with Crippen molar-refractivity contribution in [2.24, 2.45) is 0 Å². The molecule has 0 saturated heterocycles. The molecular weight excluding hydrogens is 224 g/mol. The SMILES string of the molecule is C=C(C)c1cc(=O)oc2cc(C)c(C(C)C)cc12. The predicted molar refractivity (Wildman–Crippen MR) is 76.0 cm³/mol. The Labute approximate surface area is 107 Å². The molecule has 18 heavy (non-hydrogen) atoms. The van der Waals surface area contributed by atoms with Gasteiger partial charge in [-0.25, -0.2) is 4.79 Å². The number of aryl methyl sites for hydroxylation is 1. The lowest BCUT2D eigenvalue weighted by Crippen LogP contribution is -2.01. The fourth-order valence-electron chi connectivity index (χ4n) is 2.30. The summed E-state index contributed by atoms with van der Waals surface area (Å²) < 4.78 is 5.27. The number of fused-ring (bicyclic) bond motifs is 1. The first kappa shape index (κ1) is 12.6. The molecule has 0 N–H and O–H groups in total. The molecule has 1 heterocycles. The van der Waals surface area contributed by atoms with E-state index in [1.165, 1.54) is 11.6 Å². The second-order valence-corrected chi connectivity index (χ2v) is 5.12. The van der Waals surface area contributed by atoms with Gasteiger partial charge in [0.2, 0.25) is 0 Å². The second kappa shape index (κ2) is 4.45. The highest BCUT2D eigenvalue weighted by Crippen LogP contribution is 2.28. The standard InChI is InChI=1S/C16H18O2/c1-9(2)12-7-14-13(10(3)4)8-16(17)18-15(14)6-11(12)5/h6-9H,3H2,1-2,4-5H3. The van der Waals surface area contributed by atoms with Crippen LogP contribution in [0, 0.1) is 6.92 Å². The monoisotopic (exact) mass is 242 g/mol. The van der Waals surface area contributed by atoms with Gasteiger partial charge in [0, 0.05) is 11.5 Å². The lowest BCUT2D eigenvalue weighted by atomic mass is 9.94. The Bertz CT molecular complexity index is 675. The van der Waals surface area contributed by atoms with Gasteiger partial charge in [0.15, 0.2) is 0 Å². The van der Waals surface area contributed by atoms with E-state index in [4.69, 9.17) is 4.42 Å². The van der Waals surface area contributed by atoms with Crippen molar-refractivity contribution >= 4 is 16.5 Å². The summed E-state index contributed by atoms with van der Waals surface area (Å²) in [6, 6.07) is 5.57. The van der Waals surface area contributed by atoms with Gasteiger partial charge in [0.25, 0.3) is 0 Å². The van der Waals surface area contributed by atoms with Gasteiger partial charge in [-0.15, -0.1) is 0 Å². The minimum atomic E-state index is -0.322. The van der Waals surface area contributed by atoms with Crippen LogP contribution in [0.4, 0.5) is 0 Å². The number of rotatable bonds is 2. The van der Waals surface area contributed by atoms with Crippen LogP contribution in [-0.2, 0) is 0 Å². The van der Waals surface area contributed by atoms with E-state index in [-0.39, 0.29) is 5.63 Å². The quantitative estimate of drug-likeness (QED) is 0.737. The van der Waals surface area contributed by atoms with Crippen molar-refractivity contribution in [1.29, 1.82) is 0 Å². The summed E-state index contributed by atoms with van der Waals surface area (Å²) in [4.78, 5) is 11.5. The molecule has 94 valence electrons. The highest BCUT2D eigenvalue weighted by Gasteiger charge is 2.11. The van der Waals surface area contributed by atoms with E-state index >= 15 is 0 Å². The summed E-state index contributed by atoms with van der Waals surface area (Å²) >= 11 is 0. The first-order valence-electron chi connectivity index (χ1n) is 6.14. The third-order valence-corrected chi connectivity index (χ3v) is 3.21. The van der Waals surface area contributed by atoms with Crippen molar-refractivity contribution in [2.75, 3.05) is 0 Å². The fraction of sp³-hybridized carbons (Fsp3) is 0.312. The van der Waals surface area contributed by atoms with Crippen LogP contribution in [0.2, 0.25) is 0 Å². The second-order valence-electron chi connectivity index (χ2n) is 5.12. The van der Waals surface area contributed by atoms with E-state index in [1.807, 2.05) is 19.9 Å². The Kier molecular flexibility index (Phi) is 3.12. The Balaban J connectivity index is 2.89. The van der Waals surface area contributed by atoms with Crippen LogP contribution in [-0.4, -0.2) is 0 Å². The third-order valence-electron chi connectivity index (χ3n) is 3.21. The first-order valence-corrected chi connectivity index (χ1v) is 6.14. The summed E-state index contributed by atoms with van der Waals surface area (Å²) in [5.41, 5.74) is 4.51. The van der Waals surface area contributed by atoms with Crippen molar-refractivity contribution in [1.82, 2.24) is 0 Å². The molecule has 0 saturated carbocycles. The Morgan fingerprint density at radius 1 is 1.28 bits per heavy atom. The summed E-state index contributed by atoms with van der Waals surface area (Å²) in [5.74, 6) is 0.444. The molecule has 2 aromatic rings. The summed E-state index contributed by atoms with van der Waals surface area (Å²) in [6.07, 6.45) is 0. The molecule has 2 nitrogen and oxygen atoms in total. The van der Waals surface area contributed by atoms with E-state index in [0.717, 1.165) is 22.1 Å². The molecule has 2 heteroatoms. The average molecular weight is 242 g/mol. The molecule has 0 aliphatic rings. The van der Waals surface area contributed by atoms with Crippen LogP contribution >= 0.6 is 0 Å². The Hall–Kier alpha value is -1.83. The van der Waals surface area contributed by atoms with E-state index < -0.39 is 0 Å². The minimum absolute atomic E-state index is 0.322. The van der Waals surface area contributed by atoms with Crippen LogP contribution in [0.1, 0.15) is 43.4 Å². The molecule has 2 rings (SSSR count). The highest BCUT2D eigenvalue weighted by atomic mass is 16.4. The van der Waals surface area contributed by atoms with Crippen LogP contribution in [0.3, 0.4) is 0 Å². The topological polar surface area (TPSA) is 30.2 Å². The molecule has 1 aromatic carbocycles. The zero-order chi connectivity index (χ0) is 13.4. The largest absolute Gasteiger partial charge is 0.423 e. The van der Waals surface area contributed by atoms with Crippen LogP contribution in [0.15, 0.2) is 34.0 Å². The van der Waals surface area contributed by atoms with Crippen molar-refractivity contribution in [3.05, 3.63) is 51.9 Å². The third kappa shape index (κ3) is 2.10. The molecule has 0 aliphatic carbocycles. The smallest absolute Gasteiger partial charge is 0.336 e. The predicted octanol–water partition coefficient (Wildman–Crippen LogP) is 4.26. The van der Waals surface area contributed by atoms with Gasteiger partial charge in [-0.05, 0) is 48.6 Å². The zero-order valence-corrected chi connectivity index (χ0v) is 11.3. The van der Waals surface area contributed by atoms with Crippen LogP contribution < -0.4 is 5.63 Å². The molecule has 0 aliphatic heterocycles. The molecule has 0 radical (unpaired) electrons. The van der Waals surface area contributed by atoms with Gasteiger partial charge in [-0.3, -0.25) is 0 Å². The first-order chi connectivity index (χ1) is 8.40. The maximum absolute atomic E-state index is 11.5. The lowest BCUT2D eigenvalue weighted by Gasteiger charge is -2.12. The molecule has 0 amide bonds. The number of benzene rings is 1. The van der Waals surface area contributed by atoms with Gasteiger partial charge < -0.3 is 4.42 Å². The van der Waals surface area contributed by atoms with Crippen LogP contribution in [0.5, 0.6) is 0 Å². The normalized spacial score (nSPS) is 11.2. The molecule has 1 aromatic heterocycles. The molecule has 0 bridgehead atoms. The highest BCUT2D eigenvalue weighted by molar-refractivity contribution is 5.90. The van der Waals surface area contributed by atoms with E-state index in [1.54, 1.807) is 0 Å². The fourth-order valence-corrected chi connectivity index (χ4v) is 2.30. The molecule has 0 spiro atoms.